The second kappa shape index (κ2) is 3.81. The predicted octanol–water partition coefficient (Wildman–Crippen LogP) is 0.966. The molecule has 0 saturated heterocycles. The van der Waals surface area contributed by atoms with E-state index in [1.165, 1.54) is 5.56 Å². The highest BCUT2D eigenvalue weighted by atomic mass is 16.2. The Balaban J connectivity index is 2.22. The Bertz CT molecular complexity index is 389. The third kappa shape index (κ3) is 1.88. The fourth-order valence-electron chi connectivity index (χ4n) is 1.91. The molecule has 4 nitrogen and oxygen atoms in total. The number of benzene rings is 1. The maximum Gasteiger partial charge on any atom is 0.317 e. The number of rotatable bonds is 0. The number of nitrogen functional groups attached to an aromatic ring is 1. The Hall–Kier alpha value is -1.71. The standard InChI is InChI=1S/C11H15N3O/c1-13-11(15)14-5-4-8-2-3-10(12)6-9(8)7-14/h2-3,6H,4-5,7,12H2,1H3,(H,13,15). The van der Waals surface area contributed by atoms with Gasteiger partial charge in [0.2, 0.25) is 0 Å². The molecule has 0 unspecified atom stereocenters. The molecule has 0 atom stereocenters. The van der Waals surface area contributed by atoms with Crippen LogP contribution in [0.5, 0.6) is 0 Å². The number of nitrogens with zero attached hydrogens (tertiary/aromatic N) is 1. The number of fused-ring (bicyclic) bond motifs is 1. The summed E-state index contributed by atoms with van der Waals surface area (Å²) in [5.74, 6) is 0. The molecule has 0 radical (unpaired) electrons. The van der Waals surface area contributed by atoms with Gasteiger partial charge in [0.15, 0.2) is 0 Å². The molecule has 1 aliphatic heterocycles. The largest absolute Gasteiger partial charge is 0.399 e. The van der Waals surface area contributed by atoms with E-state index >= 15 is 0 Å². The van der Waals surface area contributed by atoms with Crippen molar-refractivity contribution in [2.45, 2.75) is 13.0 Å². The molecule has 0 aliphatic carbocycles. The number of urea groups is 1. The van der Waals surface area contributed by atoms with Gasteiger partial charge in [0.1, 0.15) is 0 Å². The van der Waals surface area contributed by atoms with Crippen molar-refractivity contribution >= 4 is 11.7 Å². The summed E-state index contributed by atoms with van der Waals surface area (Å²) in [6.45, 7) is 1.43. The van der Waals surface area contributed by atoms with Crippen molar-refractivity contribution in [1.82, 2.24) is 10.2 Å². The van der Waals surface area contributed by atoms with Crippen molar-refractivity contribution in [3.05, 3.63) is 29.3 Å². The van der Waals surface area contributed by atoms with E-state index in [2.05, 4.69) is 5.32 Å². The molecule has 4 heteroatoms. The Morgan fingerprint density at radius 1 is 1.47 bits per heavy atom. The van der Waals surface area contributed by atoms with Crippen molar-refractivity contribution in [3.8, 4) is 0 Å². The molecule has 0 spiro atoms. The van der Waals surface area contributed by atoms with Crippen molar-refractivity contribution in [2.75, 3.05) is 19.3 Å². The summed E-state index contributed by atoms with van der Waals surface area (Å²) in [7, 11) is 1.65. The molecule has 15 heavy (non-hydrogen) atoms. The SMILES string of the molecule is CNC(=O)N1CCc2ccc(N)cc2C1. The van der Waals surface area contributed by atoms with Crippen LogP contribution in [0.1, 0.15) is 11.1 Å². The summed E-state index contributed by atoms with van der Waals surface area (Å²) in [4.78, 5) is 13.2. The topological polar surface area (TPSA) is 58.4 Å². The van der Waals surface area contributed by atoms with Gasteiger partial charge < -0.3 is 16.0 Å². The number of hydrogen-bond donors (Lipinski definition) is 2. The van der Waals surface area contributed by atoms with Gasteiger partial charge in [-0.15, -0.1) is 0 Å². The van der Waals surface area contributed by atoms with Crippen LogP contribution in [-0.2, 0) is 13.0 Å². The average molecular weight is 205 g/mol. The molecule has 0 fully saturated rings. The monoisotopic (exact) mass is 205 g/mol. The zero-order valence-corrected chi connectivity index (χ0v) is 8.79. The number of nitrogens with one attached hydrogen (secondary N) is 1. The van der Waals surface area contributed by atoms with E-state index < -0.39 is 0 Å². The number of hydrogen-bond acceptors (Lipinski definition) is 2. The second-order valence-corrected chi connectivity index (χ2v) is 3.75. The molecule has 0 saturated carbocycles. The van der Waals surface area contributed by atoms with Crippen molar-refractivity contribution in [1.29, 1.82) is 0 Å². The summed E-state index contributed by atoms with van der Waals surface area (Å²) in [5.41, 5.74) is 8.93. The smallest absolute Gasteiger partial charge is 0.317 e. The normalized spacial score (nSPS) is 14.6. The second-order valence-electron chi connectivity index (χ2n) is 3.75. The molecule has 1 aromatic carbocycles. The highest BCUT2D eigenvalue weighted by molar-refractivity contribution is 5.74. The lowest BCUT2D eigenvalue weighted by Crippen LogP contribution is -2.41. The molecule has 1 aromatic rings. The number of carbonyl (C=O) groups excluding carboxylic acids is 1. The Morgan fingerprint density at radius 2 is 2.27 bits per heavy atom. The van der Waals surface area contributed by atoms with Gasteiger partial charge in [-0.3, -0.25) is 0 Å². The van der Waals surface area contributed by atoms with E-state index in [1.54, 1.807) is 11.9 Å². The van der Waals surface area contributed by atoms with Crippen LogP contribution < -0.4 is 11.1 Å². The molecule has 0 aromatic heterocycles. The Labute approximate surface area is 89.1 Å². The summed E-state index contributed by atoms with van der Waals surface area (Å²) >= 11 is 0. The minimum atomic E-state index is -0.0249. The number of carbonyl (C=O) groups is 1. The Morgan fingerprint density at radius 3 is 3.00 bits per heavy atom. The molecule has 2 rings (SSSR count). The first kappa shape index (κ1) is 9.83. The van der Waals surface area contributed by atoms with Crippen LogP contribution in [0, 0.1) is 0 Å². The molecular formula is C11H15N3O. The minimum absolute atomic E-state index is 0.0249. The number of anilines is 1. The van der Waals surface area contributed by atoms with Gasteiger partial charge in [-0.1, -0.05) is 6.07 Å². The van der Waals surface area contributed by atoms with Gasteiger partial charge in [0, 0.05) is 25.8 Å². The maximum absolute atomic E-state index is 11.4. The summed E-state index contributed by atoms with van der Waals surface area (Å²) < 4.78 is 0. The van der Waals surface area contributed by atoms with Gasteiger partial charge >= 0.3 is 6.03 Å². The van der Waals surface area contributed by atoms with E-state index in [-0.39, 0.29) is 6.03 Å². The van der Waals surface area contributed by atoms with Crippen molar-refractivity contribution in [2.24, 2.45) is 0 Å². The third-order valence-corrected chi connectivity index (χ3v) is 2.74. The van der Waals surface area contributed by atoms with Crippen LogP contribution in [0.15, 0.2) is 18.2 Å². The van der Waals surface area contributed by atoms with Gasteiger partial charge in [-0.2, -0.15) is 0 Å². The molecule has 3 N–H and O–H groups in total. The molecule has 2 amide bonds. The lowest BCUT2D eigenvalue weighted by Gasteiger charge is -2.28. The van der Waals surface area contributed by atoms with Crippen LogP contribution in [-0.4, -0.2) is 24.5 Å². The lowest BCUT2D eigenvalue weighted by atomic mass is 9.99. The first-order chi connectivity index (χ1) is 7.20. The Kier molecular flexibility index (Phi) is 2.49. The first-order valence-electron chi connectivity index (χ1n) is 5.04. The number of amides is 2. The molecule has 1 heterocycles. The lowest BCUT2D eigenvalue weighted by molar-refractivity contribution is 0.194. The fourth-order valence-corrected chi connectivity index (χ4v) is 1.91. The van der Waals surface area contributed by atoms with E-state index in [0.29, 0.717) is 6.54 Å². The molecular weight excluding hydrogens is 190 g/mol. The summed E-state index contributed by atoms with van der Waals surface area (Å²) in [6, 6.07) is 5.88. The zero-order valence-electron chi connectivity index (χ0n) is 8.79. The fraction of sp³-hybridized carbons (Fsp3) is 0.364. The van der Waals surface area contributed by atoms with Crippen LogP contribution in [0.25, 0.3) is 0 Å². The van der Waals surface area contributed by atoms with Crippen LogP contribution >= 0.6 is 0 Å². The summed E-state index contributed by atoms with van der Waals surface area (Å²) in [5, 5.41) is 2.64. The number of nitrogens with two attached hydrogens (primary N) is 1. The first-order valence-corrected chi connectivity index (χ1v) is 5.04. The molecule has 1 aliphatic rings. The molecule has 0 bridgehead atoms. The highest BCUT2D eigenvalue weighted by Crippen LogP contribution is 2.21. The van der Waals surface area contributed by atoms with E-state index in [1.807, 2.05) is 18.2 Å². The van der Waals surface area contributed by atoms with E-state index in [4.69, 9.17) is 5.73 Å². The van der Waals surface area contributed by atoms with Crippen LogP contribution in [0.3, 0.4) is 0 Å². The van der Waals surface area contributed by atoms with Crippen molar-refractivity contribution in [3.63, 3.8) is 0 Å². The van der Waals surface area contributed by atoms with Gasteiger partial charge in [-0.05, 0) is 29.7 Å². The van der Waals surface area contributed by atoms with Gasteiger partial charge in [0.05, 0.1) is 0 Å². The van der Waals surface area contributed by atoms with Crippen LogP contribution in [0.4, 0.5) is 10.5 Å². The molecule has 80 valence electrons. The van der Waals surface area contributed by atoms with Gasteiger partial charge in [0.25, 0.3) is 0 Å². The quantitative estimate of drug-likeness (QED) is 0.620. The zero-order chi connectivity index (χ0) is 10.8. The van der Waals surface area contributed by atoms with E-state index in [0.717, 1.165) is 24.2 Å². The summed E-state index contributed by atoms with van der Waals surface area (Å²) in [6.07, 6.45) is 0.906. The maximum atomic E-state index is 11.4. The van der Waals surface area contributed by atoms with Crippen molar-refractivity contribution < 1.29 is 4.79 Å². The third-order valence-electron chi connectivity index (χ3n) is 2.74. The minimum Gasteiger partial charge on any atom is -0.399 e. The highest BCUT2D eigenvalue weighted by Gasteiger charge is 2.19. The van der Waals surface area contributed by atoms with Gasteiger partial charge in [-0.25, -0.2) is 4.79 Å². The predicted molar refractivity (Wildman–Crippen MR) is 59.4 cm³/mol. The van der Waals surface area contributed by atoms with Crippen LogP contribution in [0.2, 0.25) is 0 Å². The van der Waals surface area contributed by atoms with E-state index in [9.17, 15) is 4.79 Å². The average Bonchev–Trinajstić information content (AvgIpc) is 2.27.